The predicted molar refractivity (Wildman–Crippen MR) is 111 cm³/mol. The first-order valence-electron chi connectivity index (χ1n) is 10.3. The second-order valence-corrected chi connectivity index (χ2v) is 7.71. The standard InChI is InChI=1S/C20H28N8O/c1-3-16-23-19(26-20(25-16)28-11-9-27(2)10-12-28)24-17-6-4-5-15(22-17)18(29)21-13-14-7-8-14/h4-6,14H,3,7-13H2,1-2H3,(H,21,29)(H,22,23,24,25,26). The van der Waals surface area contributed by atoms with Gasteiger partial charge in [-0.3, -0.25) is 4.79 Å². The third kappa shape index (κ3) is 5.17. The van der Waals surface area contributed by atoms with E-state index in [2.05, 4.69) is 47.4 Å². The maximum Gasteiger partial charge on any atom is 0.269 e. The Morgan fingerprint density at radius 3 is 2.62 bits per heavy atom. The predicted octanol–water partition coefficient (Wildman–Crippen LogP) is 1.46. The Morgan fingerprint density at radius 1 is 1.10 bits per heavy atom. The zero-order chi connectivity index (χ0) is 20.2. The summed E-state index contributed by atoms with van der Waals surface area (Å²) in [4.78, 5) is 34.9. The van der Waals surface area contributed by atoms with Crippen LogP contribution in [0.2, 0.25) is 0 Å². The molecule has 1 aliphatic carbocycles. The number of aromatic nitrogens is 4. The van der Waals surface area contributed by atoms with E-state index >= 15 is 0 Å². The van der Waals surface area contributed by atoms with Crippen LogP contribution in [0.3, 0.4) is 0 Å². The monoisotopic (exact) mass is 396 g/mol. The van der Waals surface area contributed by atoms with Crippen molar-refractivity contribution < 1.29 is 4.79 Å². The molecule has 29 heavy (non-hydrogen) atoms. The lowest BCUT2D eigenvalue weighted by atomic mass is 10.3. The number of likely N-dealkylation sites (N-methyl/N-ethyl adjacent to an activating group) is 1. The van der Waals surface area contributed by atoms with Crippen molar-refractivity contribution in [3.8, 4) is 0 Å². The zero-order valence-electron chi connectivity index (χ0n) is 17.1. The molecule has 4 rings (SSSR count). The fourth-order valence-corrected chi connectivity index (χ4v) is 3.16. The maximum absolute atomic E-state index is 12.3. The number of hydrogen-bond acceptors (Lipinski definition) is 8. The highest BCUT2D eigenvalue weighted by Gasteiger charge is 2.22. The largest absolute Gasteiger partial charge is 0.350 e. The Labute approximate surface area is 171 Å². The number of carbonyl (C=O) groups excluding carboxylic acids is 1. The van der Waals surface area contributed by atoms with Crippen LogP contribution in [0.4, 0.5) is 17.7 Å². The Hall–Kier alpha value is -2.81. The number of aryl methyl sites for hydroxylation is 1. The molecular formula is C20H28N8O. The summed E-state index contributed by atoms with van der Waals surface area (Å²) in [5.41, 5.74) is 0.389. The van der Waals surface area contributed by atoms with Crippen molar-refractivity contribution >= 4 is 23.6 Å². The summed E-state index contributed by atoms with van der Waals surface area (Å²) in [5.74, 6) is 2.89. The van der Waals surface area contributed by atoms with Gasteiger partial charge in [0.1, 0.15) is 17.3 Å². The number of amides is 1. The van der Waals surface area contributed by atoms with Crippen LogP contribution in [-0.2, 0) is 6.42 Å². The van der Waals surface area contributed by atoms with Gasteiger partial charge in [0, 0.05) is 39.1 Å². The molecule has 2 aromatic rings. The maximum atomic E-state index is 12.3. The lowest BCUT2D eigenvalue weighted by Gasteiger charge is -2.32. The fraction of sp³-hybridized carbons (Fsp3) is 0.550. The number of hydrogen-bond donors (Lipinski definition) is 2. The van der Waals surface area contributed by atoms with E-state index in [1.807, 2.05) is 19.1 Å². The number of nitrogens with one attached hydrogen (secondary N) is 2. The molecule has 1 amide bonds. The van der Waals surface area contributed by atoms with Gasteiger partial charge in [-0.25, -0.2) is 4.98 Å². The van der Waals surface area contributed by atoms with Crippen molar-refractivity contribution in [2.75, 3.05) is 50.0 Å². The van der Waals surface area contributed by atoms with Gasteiger partial charge >= 0.3 is 0 Å². The number of rotatable bonds is 7. The van der Waals surface area contributed by atoms with Gasteiger partial charge in [-0.2, -0.15) is 15.0 Å². The molecule has 2 fully saturated rings. The number of piperazine rings is 1. The van der Waals surface area contributed by atoms with Crippen LogP contribution < -0.4 is 15.5 Å². The number of pyridine rings is 1. The minimum absolute atomic E-state index is 0.149. The average Bonchev–Trinajstić information content (AvgIpc) is 3.57. The zero-order valence-corrected chi connectivity index (χ0v) is 17.1. The molecule has 154 valence electrons. The fourth-order valence-electron chi connectivity index (χ4n) is 3.16. The highest BCUT2D eigenvalue weighted by atomic mass is 16.1. The van der Waals surface area contributed by atoms with Crippen LogP contribution in [0.15, 0.2) is 18.2 Å². The normalized spacial score (nSPS) is 17.2. The first-order chi connectivity index (χ1) is 14.1. The highest BCUT2D eigenvalue weighted by molar-refractivity contribution is 5.92. The molecule has 0 spiro atoms. The van der Waals surface area contributed by atoms with E-state index in [-0.39, 0.29) is 5.91 Å². The summed E-state index contributed by atoms with van der Waals surface area (Å²) in [5, 5.41) is 6.09. The number of anilines is 3. The van der Waals surface area contributed by atoms with E-state index in [1.165, 1.54) is 12.8 Å². The lowest BCUT2D eigenvalue weighted by molar-refractivity contribution is 0.0947. The van der Waals surface area contributed by atoms with E-state index in [0.29, 0.717) is 29.3 Å². The molecule has 2 aromatic heterocycles. The van der Waals surface area contributed by atoms with Crippen molar-refractivity contribution in [2.24, 2.45) is 5.92 Å². The topological polar surface area (TPSA) is 99.2 Å². The molecule has 0 atom stereocenters. The van der Waals surface area contributed by atoms with Gasteiger partial charge in [0.15, 0.2) is 0 Å². The average molecular weight is 396 g/mol. The van der Waals surface area contributed by atoms with E-state index in [0.717, 1.165) is 45.0 Å². The molecule has 0 bridgehead atoms. The van der Waals surface area contributed by atoms with Crippen molar-refractivity contribution in [2.45, 2.75) is 26.2 Å². The Kier molecular flexibility index (Phi) is 5.84. The second-order valence-electron chi connectivity index (χ2n) is 7.71. The summed E-state index contributed by atoms with van der Waals surface area (Å²) >= 11 is 0. The molecule has 1 saturated carbocycles. The molecule has 0 unspecified atom stereocenters. The van der Waals surface area contributed by atoms with Gasteiger partial charge in [0.2, 0.25) is 11.9 Å². The van der Waals surface area contributed by atoms with E-state index < -0.39 is 0 Å². The van der Waals surface area contributed by atoms with Crippen molar-refractivity contribution in [3.63, 3.8) is 0 Å². The van der Waals surface area contributed by atoms with Gasteiger partial charge in [0.25, 0.3) is 5.91 Å². The summed E-state index contributed by atoms with van der Waals surface area (Å²) < 4.78 is 0. The molecule has 0 radical (unpaired) electrons. The number of nitrogens with zero attached hydrogens (tertiary/aromatic N) is 6. The molecule has 9 nitrogen and oxygen atoms in total. The molecule has 3 heterocycles. The van der Waals surface area contributed by atoms with Crippen LogP contribution in [0, 0.1) is 5.92 Å². The molecular weight excluding hydrogens is 368 g/mol. The Morgan fingerprint density at radius 2 is 1.90 bits per heavy atom. The molecule has 9 heteroatoms. The third-order valence-corrected chi connectivity index (χ3v) is 5.24. The minimum Gasteiger partial charge on any atom is -0.350 e. The van der Waals surface area contributed by atoms with Crippen LogP contribution in [0.25, 0.3) is 0 Å². The van der Waals surface area contributed by atoms with E-state index in [1.54, 1.807) is 6.07 Å². The summed E-state index contributed by atoms with van der Waals surface area (Å²) in [6, 6.07) is 5.33. The van der Waals surface area contributed by atoms with Crippen LogP contribution in [-0.4, -0.2) is 70.5 Å². The SMILES string of the molecule is CCc1nc(Nc2cccc(C(=O)NCC3CC3)n2)nc(N2CCN(C)CC2)n1. The minimum atomic E-state index is -0.149. The van der Waals surface area contributed by atoms with Crippen LogP contribution >= 0.6 is 0 Å². The van der Waals surface area contributed by atoms with E-state index in [9.17, 15) is 4.79 Å². The highest BCUT2D eigenvalue weighted by Crippen LogP contribution is 2.27. The van der Waals surface area contributed by atoms with Gasteiger partial charge in [0.05, 0.1) is 0 Å². The second kappa shape index (κ2) is 8.69. The smallest absolute Gasteiger partial charge is 0.269 e. The van der Waals surface area contributed by atoms with Gasteiger partial charge < -0.3 is 20.4 Å². The first kappa shape index (κ1) is 19.5. The first-order valence-corrected chi connectivity index (χ1v) is 10.3. The lowest BCUT2D eigenvalue weighted by Crippen LogP contribution is -2.45. The van der Waals surface area contributed by atoms with Gasteiger partial charge in [-0.1, -0.05) is 13.0 Å². The van der Waals surface area contributed by atoms with Crippen molar-refractivity contribution in [3.05, 3.63) is 29.7 Å². The molecule has 2 N–H and O–H groups in total. The van der Waals surface area contributed by atoms with Crippen molar-refractivity contribution in [1.29, 1.82) is 0 Å². The summed E-state index contributed by atoms with van der Waals surface area (Å²) in [6.45, 7) is 6.48. The van der Waals surface area contributed by atoms with Crippen LogP contribution in [0.1, 0.15) is 36.1 Å². The number of carbonyl (C=O) groups is 1. The van der Waals surface area contributed by atoms with Gasteiger partial charge in [-0.05, 0) is 37.9 Å². The third-order valence-electron chi connectivity index (χ3n) is 5.24. The molecule has 1 saturated heterocycles. The Balaban J connectivity index is 1.48. The Bertz CT molecular complexity index is 861. The summed E-state index contributed by atoms with van der Waals surface area (Å²) in [7, 11) is 2.12. The molecule has 0 aromatic carbocycles. The van der Waals surface area contributed by atoms with Crippen molar-refractivity contribution in [1.82, 2.24) is 30.2 Å². The van der Waals surface area contributed by atoms with E-state index in [4.69, 9.17) is 0 Å². The quantitative estimate of drug-likeness (QED) is 0.726. The molecule has 2 aliphatic rings. The summed E-state index contributed by atoms with van der Waals surface area (Å²) in [6.07, 6.45) is 3.11. The van der Waals surface area contributed by atoms with Crippen LogP contribution in [0.5, 0.6) is 0 Å². The molecule has 1 aliphatic heterocycles. The van der Waals surface area contributed by atoms with Gasteiger partial charge in [-0.15, -0.1) is 0 Å².